The van der Waals surface area contributed by atoms with Gasteiger partial charge in [-0.15, -0.1) is 0 Å². The highest BCUT2D eigenvalue weighted by molar-refractivity contribution is 9.10. The Hall–Kier alpha value is -1.33. The molecule has 0 fully saturated rings. The molecule has 0 aliphatic rings. The lowest BCUT2D eigenvalue weighted by atomic mass is 10.0. The number of ether oxygens (including phenoxy) is 1. The normalized spacial score (nSPS) is 12.7. The fourth-order valence-electron chi connectivity index (χ4n) is 2.52. The summed E-state index contributed by atoms with van der Waals surface area (Å²) in [4.78, 5) is 0. The number of nitrogens with zero attached hydrogens (tertiary/aromatic N) is 2. The second-order valence-corrected chi connectivity index (χ2v) is 6.24. The predicted octanol–water partition coefficient (Wildman–Crippen LogP) is 3.85. The second kappa shape index (κ2) is 6.62. The molecule has 0 aliphatic heterocycles. The molecule has 5 heteroatoms. The first-order valence-corrected chi connectivity index (χ1v) is 7.83. The van der Waals surface area contributed by atoms with Gasteiger partial charge >= 0.3 is 0 Å². The van der Waals surface area contributed by atoms with Crippen molar-refractivity contribution in [1.82, 2.24) is 15.1 Å². The van der Waals surface area contributed by atoms with Crippen LogP contribution in [-0.2, 0) is 0 Å². The minimum absolute atomic E-state index is 0.0131. The molecule has 114 valence electrons. The SMILES string of the molecule is CNC(c1cc(C)ccc1Br)c1c(OC)cnn1C(C)C. The number of benzene rings is 1. The van der Waals surface area contributed by atoms with E-state index in [1.54, 1.807) is 13.3 Å². The number of aromatic nitrogens is 2. The number of hydrogen-bond donors (Lipinski definition) is 1. The molecule has 1 unspecified atom stereocenters. The second-order valence-electron chi connectivity index (χ2n) is 5.38. The molecule has 2 aromatic rings. The zero-order chi connectivity index (χ0) is 15.6. The maximum atomic E-state index is 5.51. The minimum atomic E-state index is 0.0131. The van der Waals surface area contributed by atoms with Crippen molar-refractivity contribution < 1.29 is 4.74 Å². The Morgan fingerprint density at radius 1 is 1.33 bits per heavy atom. The molecular weight excluding hydrogens is 330 g/mol. The van der Waals surface area contributed by atoms with E-state index in [9.17, 15) is 0 Å². The summed E-state index contributed by atoms with van der Waals surface area (Å²) < 4.78 is 8.60. The first-order valence-electron chi connectivity index (χ1n) is 7.04. The summed E-state index contributed by atoms with van der Waals surface area (Å²) in [6.07, 6.45) is 1.78. The van der Waals surface area contributed by atoms with Crippen LogP contribution in [-0.4, -0.2) is 23.9 Å². The van der Waals surface area contributed by atoms with E-state index in [2.05, 4.69) is 65.3 Å². The largest absolute Gasteiger partial charge is 0.493 e. The van der Waals surface area contributed by atoms with Crippen LogP contribution in [0, 0.1) is 6.92 Å². The van der Waals surface area contributed by atoms with Gasteiger partial charge < -0.3 is 10.1 Å². The summed E-state index contributed by atoms with van der Waals surface area (Å²) in [5.74, 6) is 0.802. The van der Waals surface area contributed by atoms with E-state index in [1.807, 2.05) is 11.7 Å². The molecule has 0 aliphatic carbocycles. The van der Waals surface area contributed by atoms with Gasteiger partial charge in [-0.05, 0) is 39.4 Å². The number of hydrogen-bond acceptors (Lipinski definition) is 3. The van der Waals surface area contributed by atoms with Gasteiger partial charge in [0, 0.05) is 10.5 Å². The van der Waals surface area contributed by atoms with Crippen molar-refractivity contribution in [3.63, 3.8) is 0 Å². The molecule has 0 bridgehead atoms. The smallest absolute Gasteiger partial charge is 0.161 e. The number of halogens is 1. The molecule has 0 spiro atoms. The molecule has 1 aromatic heterocycles. The van der Waals surface area contributed by atoms with Gasteiger partial charge in [-0.2, -0.15) is 5.10 Å². The lowest BCUT2D eigenvalue weighted by molar-refractivity contribution is 0.396. The zero-order valence-electron chi connectivity index (χ0n) is 13.1. The van der Waals surface area contributed by atoms with Gasteiger partial charge in [0.15, 0.2) is 5.75 Å². The summed E-state index contributed by atoms with van der Waals surface area (Å²) >= 11 is 3.66. The topological polar surface area (TPSA) is 39.1 Å². The highest BCUT2D eigenvalue weighted by Crippen LogP contribution is 2.35. The van der Waals surface area contributed by atoms with Gasteiger partial charge in [-0.25, -0.2) is 0 Å². The van der Waals surface area contributed by atoms with Crippen LogP contribution in [0.25, 0.3) is 0 Å². The number of rotatable bonds is 5. The Bertz CT molecular complexity index is 622. The number of nitrogens with one attached hydrogen (secondary N) is 1. The van der Waals surface area contributed by atoms with Gasteiger partial charge in [-0.3, -0.25) is 4.68 Å². The fourth-order valence-corrected chi connectivity index (χ4v) is 3.00. The van der Waals surface area contributed by atoms with Gasteiger partial charge in [0.05, 0.1) is 19.3 Å². The summed E-state index contributed by atoms with van der Waals surface area (Å²) in [5, 5.41) is 7.86. The van der Waals surface area contributed by atoms with E-state index in [0.717, 1.165) is 15.9 Å². The van der Waals surface area contributed by atoms with Gasteiger partial charge in [0.25, 0.3) is 0 Å². The number of aryl methyl sites for hydroxylation is 1. The fraction of sp³-hybridized carbons (Fsp3) is 0.438. The maximum absolute atomic E-state index is 5.51. The summed E-state index contributed by atoms with van der Waals surface area (Å²) in [6.45, 7) is 6.33. The van der Waals surface area contributed by atoms with Crippen molar-refractivity contribution in [3.05, 3.63) is 45.7 Å². The summed E-state index contributed by atoms with van der Waals surface area (Å²) in [7, 11) is 3.64. The van der Waals surface area contributed by atoms with Crippen molar-refractivity contribution in [3.8, 4) is 5.75 Å². The average Bonchev–Trinajstić information content (AvgIpc) is 2.87. The lowest BCUT2D eigenvalue weighted by Crippen LogP contribution is -2.23. The first-order chi connectivity index (χ1) is 9.99. The van der Waals surface area contributed by atoms with Crippen LogP contribution in [0.5, 0.6) is 5.75 Å². The van der Waals surface area contributed by atoms with E-state index >= 15 is 0 Å². The molecule has 0 radical (unpaired) electrons. The molecular formula is C16H22BrN3O. The molecule has 1 N–H and O–H groups in total. The van der Waals surface area contributed by atoms with E-state index in [1.165, 1.54) is 11.1 Å². The molecule has 1 heterocycles. The predicted molar refractivity (Wildman–Crippen MR) is 88.9 cm³/mol. The quantitative estimate of drug-likeness (QED) is 0.888. The van der Waals surface area contributed by atoms with E-state index < -0.39 is 0 Å². The zero-order valence-corrected chi connectivity index (χ0v) is 14.7. The summed E-state index contributed by atoms with van der Waals surface area (Å²) in [5.41, 5.74) is 3.45. The van der Waals surface area contributed by atoms with E-state index in [0.29, 0.717) is 0 Å². The van der Waals surface area contributed by atoms with Crippen molar-refractivity contribution in [2.45, 2.75) is 32.9 Å². The first kappa shape index (κ1) is 16.0. The molecule has 21 heavy (non-hydrogen) atoms. The molecule has 0 saturated carbocycles. The molecule has 0 saturated heterocycles. The highest BCUT2D eigenvalue weighted by atomic mass is 79.9. The lowest BCUT2D eigenvalue weighted by Gasteiger charge is -2.22. The minimum Gasteiger partial charge on any atom is -0.493 e. The van der Waals surface area contributed by atoms with Crippen LogP contribution in [0.15, 0.2) is 28.9 Å². The third-order valence-corrected chi connectivity index (χ3v) is 4.25. The van der Waals surface area contributed by atoms with Crippen molar-refractivity contribution in [2.75, 3.05) is 14.2 Å². The van der Waals surface area contributed by atoms with Crippen molar-refractivity contribution in [1.29, 1.82) is 0 Å². The molecule has 2 rings (SSSR count). The highest BCUT2D eigenvalue weighted by Gasteiger charge is 2.25. The third kappa shape index (κ3) is 3.14. The van der Waals surface area contributed by atoms with Crippen LogP contribution < -0.4 is 10.1 Å². The molecule has 1 atom stereocenters. The average molecular weight is 352 g/mol. The van der Waals surface area contributed by atoms with Crippen LogP contribution in [0.3, 0.4) is 0 Å². The van der Waals surface area contributed by atoms with Crippen LogP contribution in [0.1, 0.15) is 42.8 Å². The molecule has 4 nitrogen and oxygen atoms in total. The van der Waals surface area contributed by atoms with E-state index in [-0.39, 0.29) is 12.1 Å². The Balaban J connectivity index is 2.61. The van der Waals surface area contributed by atoms with Crippen LogP contribution in [0.2, 0.25) is 0 Å². The Morgan fingerprint density at radius 3 is 2.62 bits per heavy atom. The van der Waals surface area contributed by atoms with Crippen LogP contribution >= 0.6 is 15.9 Å². The van der Waals surface area contributed by atoms with E-state index in [4.69, 9.17) is 4.74 Å². The van der Waals surface area contributed by atoms with Gasteiger partial charge in [0.1, 0.15) is 5.69 Å². The maximum Gasteiger partial charge on any atom is 0.161 e. The van der Waals surface area contributed by atoms with Crippen molar-refractivity contribution in [2.24, 2.45) is 0 Å². The number of methoxy groups -OCH3 is 1. The standard InChI is InChI=1S/C16H22BrN3O/c1-10(2)20-16(14(21-5)9-19-20)15(18-4)12-8-11(3)6-7-13(12)17/h6-10,15,18H,1-5H3. The Morgan fingerprint density at radius 2 is 2.05 bits per heavy atom. The molecule has 1 aromatic carbocycles. The molecule has 0 amide bonds. The van der Waals surface area contributed by atoms with Crippen molar-refractivity contribution >= 4 is 15.9 Å². The van der Waals surface area contributed by atoms with Gasteiger partial charge in [-0.1, -0.05) is 33.6 Å². The Labute approximate surface area is 134 Å². The monoisotopic (exact) mass is 351 g/mol. The Kier molecular flexibility index (Phi) is 5.06. The third-order valence-electron chi connectivity index (χ3n) is 3.53. The van der Waals surface area contributed by atoms with Gasteiger partial charge in [0.2, 0.25) is 0 Å². The summed E-state index contributed by atoms with van der Waals surface area (Å²) in [6, 6.07) is 6.64. The van der Waals surface area contributed by atoms with Crippen LogP contribution in [0.4, 0.5) is 0 Å².